The Bertz CT molecular complexity index is 300. The molecular formula is C10H13ClN2O. The molecule has 0 N–H and O–H groups in total. The molecule has 0 bridgehead atoms. The number of nitrogens with zero attached hydrogens (tertiary/aromatic N) is 2. The number of ether oxygens (including phenoxy) is 1. The molecule has 1 aliphatic rings. The van der Waals surface area contributed by atoms with E-state index >= 15 is 0 Å². The van der Waals surface area contributed by atoms with Crippen molar-refractivity contribution in [3.8, 4) is 5.88 Å². The van der Waals surface area contributed by atoms with E-state index in [0.29, 0.717) is 17.0 Å². The van der Waals surface area contributed by atoms with E-state index in [9.17, 15) is 0 Å². The SMILES string of the molecule is Clc1cncc(OCC2CCCC2)n1. The quantitative estimate of drug-likeness (QED) is 0.773. The molecule has 1 saturated carbocycles. The minimum Gasteiger partial charge on any atom is -0.476 e. The Morgan fingerprint density at radius 2 is 2.14 bits per heavy atom. The normalized spacial score (nSPS) is 17.2. The topological polar surface area (TPSA) is 35.0 Å². The molecule has 1 aromatic heterocycles. The lowest BCUT2D eigenvalue weighted by atomic mass is 10.1. The first-order valence-electron chi connectivity index (χ1n) is 4.95. The summed E-state index contributed by atoms with van der Waals surface area (Å²) in [6, 6.07) is 0. The van der Waals surface area contributed by atoms with Crippen LogP contribution in [0.2, 0.25) is 5.15 Å². The van der Waals surface area contributed by atoms with Crippen molar-refractivity contribution in [1.82, 2.24) is 9.97 Å². The number of hydrogen-bond acceptors (Lipinski definition) is 3. The van der Waals surface area contributed by atoms with Gasteiger partial charge in [-0.25, -0.2) is 0 Å². The molecule has 0 radical (unpaired) electrons. The van der Waals surface area contributed by atoms with E-state index in [1.807, 2.05) is 0 Å². The average molecular weight is 213 g/mol. The summed E-state index contributed by atoms with van der Waals surface area (Å²) in [5.74, 6) is 1.22. The van der Waals surface area contributed by atoms with Gasteiger partial charge in [0, 0.05) is 0 Å². The third-order valence-electron chi connectivity index (χ3n) is 2.52. The van der Waals surface area contributed by atoms with Crippen molar-refractivity contribution in [1.29, 1.82) is 0 Å². The van der Waals surface area contributed by atoms with E-state index in [2.05, 4.69) is 9.97 Å². The van der Waals surface area contributed by atoms with Gasteiger partial charge in [-0.3, -0.25) is 4.98 Å². The Morgan fingerprint density at radius 3 is 2.86 bits per heavy atom. The predicted octanol–water partition coefficient (Wildman–Crippen LogP) is 2.70. The monoisotopic (exact) mass is 212 g/mol. The molecular weight excluding hydrogens is 200 g/mol. The maximum absolute atomic E-state index is 5.69. The summed E-state index contributed by atoms with van der Waals surface area (Å²) < 4.78 is 5.51. The summed E-state index contributed by atoms with van der Waals surface area (Å²) in [4.78, 5) is 7.92. The van der Waals surface area contributed by atoms with Crippen molar-refractivity contribution in [3.05, 3.63) is 17.5 Å². The van der Waals surface area contributed by atoms with Gasteiger partial charge in [-0.15, -0.1) is 0 Å². The Labute approximate surface area is 88.5 Å². The zero-order valence-electron chi connectivity index (χ0n) is 7.95. The Balaban J connectivity index is 1.85. The summed E-state index contributed by atoms with van der Waals surface area (Å²) in [6.45, 7) is 0.745. The van der Waals surface area contributed by atoms with Gasteiger partial charge in [0.05, 0.1) is 19.0 Å². The Hall–Kier alpha value is -0.830. The Kier molecular flexibility index (Phi) is 3.19. The van der Waals surface area contributed by atoms with Crippen LogP contribution in [0.25, 0.3) is 0 Å². The smallest absolute Gasteiger partial charge is 0.233 e. The van der Waals surface area contributed by atoms with Crippen molar-refractivity contribution in [3.63, 3.8) is 0 Å². The lowest BCUT2D eigenvalue weighted by Crippen LogP contribution is -2.08. The van der Waals surface area contributed by atoms with Gasteiger partial charge in [0.2, 0.25) is 5.88 Å². The van der Waals surface area contributed by atoms with E-state index in [1.165, 1.54) is 31.9 Å². The second-order valence-corrected chi connectivity index (χ2v) is 4.03. The number of halogens is 1. The molecule has 0 atom stereocenters. The lowest BCUT2D eigenvalue weighted by Gasteiger charge is -2.09. The molecule has 0 saturated heterocycles. The first kappa shape index (κ1) is 9.71. The third kappa shape index (κ3) is 2.58. The minimum atomic E-state index is 0.383. The molecule has 0 spiro atoms. The highest BCUT2D eigenvalue weighted by Crippen LogP contribution is 2.25. The molecule has 1 heterocycles. The number of rotatable bonds is 3. The summed E-state index contributed by atoms with van der Waals surface area (Å²) in [6.07, 6.45) is 8.30. The molecule has 76 valence electrons. The number of hydrogen-bond donors (Lipinski definition) is 0. The standard InChI is InChI=1S/C10H13ClN2O/c11-9-5-12-6-10(13-9)14-7-8-3-1-2-4-8/h5-6,8H,1-4,7H2. The minimum absolute atomic E-state index is 0.383. The van der Waals surface area contributed by atoms with Crippen molar-refractivity contribution >= 4 is 11.6 Å². The van der Waals surface area contributed by atoms with Crippen LogP contribution in [0.15, 0.2) is 12.4 Å². The van der Waals surface area contributed by atoms with Crippen LogP contribution >= 0.6 is 11.6 Å². The van der Waals surface area contributed by atoms with Crippen molar-refractivity contribution in [2.24, 2.45) is 5.92 Å². The molecule has 0 unspecified atom stereocenters. The average Bonchev–Trinajstić information content (AvgIpc) is 2.67. The van der Waals surface area contributed by atoms with Crippen LogP contribution in [0.3, 0.4) is 0 Å². The highest BCUT2D eigenvalue weighted by molar-refractivity contribution is 6.29. The number of aromatic nitrogens is 2. The fraction of sp³-hybridized carbons (Fsp3) is 0.600. The molecule has 1 aliphatic carbocycles. The largest absolute Gasteiger partial charge is 0.476 e. The van der Waals surface area contributed by atoms with Crippen LogP contribution in [-0.2, 0) is 0 Å². The van der Waals surface area contributed by atoms with Gasteiger partial charge in [-0.05, 0) is 18.8 Å². The molecule has 3 nitrogen and oxygen atoms in total. The van der Waals surface area contributed by atoms with E-state index in [-0.39, 0.29) is 0 Å². The molecule has 14 heavy (non-hydrogen) atoms. The summed E-state index contributed by atoms with van der Waals surface area (Å²) in [7, 11) is 0. The molecule has 0 aliphatic heterocycles. The van der Waals surface area contributed by atoms with Crippen LogP contribution in [0, 0.1) is 5.92 Å². The second-order valence-electron chi connectivity index (χ2n) is 3.64. The summed E-state index contributed by atoms with van der Waals surface area (Å²) in [5, 5.41) is 0.383. The Morgan fingerprint density at radius 1 is 1.36 bits per heavy atom. The molecule has 4 heteroatoms. The highest BCUT2D eigenvalue weighted by atomic mass is 35.5. The fourth-order valence-corrected chi connectivity index (χ4v) is 1.91. The highest BCUT2D eigenvalue weighted by Gasteiger charge is 2.15. The third-order valence-corrected chi connectivity index (χ3v) is 2.71. The maximum atomic E-state index is 5.69. The summed E-state index contributed by atoms with van der Waals surface area (Å²) in [5.41, 5.74) is 0. The van der Waals surface area contributed by atoms with E-state index in [0.717, 1.165) is 6.61 Å². The summed E-state index contributed by atoms with van der Waals surface area (Å²) >= 11 is 5.69. The van der Waals surface area contributed by atoms with Crippen LogP contribution in [0.5, 0.6) is 5.88 Å². The van der Waals surface area contributed by atoms with Crippen LogP contribution in [-0.4, -0.2) is 16.6 Å². The fourth-order valence-electron chi connectivity index (χ4n) is 1.78. The van der Waals surface area contributed by atoms with Gasteiger partial charge >= 0.3 is 0 Å². The molecule has 1 fully saturated rings. The zero-order valence-corrected chi connectivity index (χ0v) is 8.70. The molecule has 1 aromatic rings. The van der Waals surface area contributed by atoms with Crippen molar-refractivity contribution in [2.75, 3.05) is 6.61 Å². The van der Waals surface area contributed by atoms with Gasteiger partial charge < -0.3 is 4.74 Å². The first-order valence-corrected chi connectivity index (χ1v) is 5.33. The van der Waals surface area contributed by atoms with Crippen LogP contribution in [0.4, 0.5) is 0 Å². The van der Waals surface area contributed by atoms with E-state index < -0.39 is 0 Å². The lowest BCUT2D eigenvalue weighted by molar-refractivity contribution is 0.242. The predicted molar refractivity (Wildman–Crippen MR) is 54.5 cm³/mol. The van der Waals surface area contributed by atoms with Gasteiger partial charge in [0.1, 0.15) is 0 Å². The van der Waals surface area contributed by atoms with Gasteiger partial charge in [-0.2, -0.15) is 4.98 Å². The van der Waals surface area contributed by atoms with E-state index in [1.54, 1.807) is 6.20 Å². The first-order chi connectivity index (χ1) is 6.84. The maximum Gasteiger partial charge on any atom is 0.233 e. The zero-order chi connectivity index (χ0) is 9.80. The van der Waals surface area contributed by atoms with Crippen molar-refractivity contribution < 1.29 is 4.74 Å². The second kappa shape index (κ2) is 4.60. The van der Waals surface area contributed by atoms with Gasteiger partial charge in [0.15, 0.2) is 5.15 Å². The molecule has 0 amide bonds. The van der Waals surface area contributed by atoms with Crippen LogP contribution < -0.4 is 4.74 Å². The van der Waals surface area contributed by atoms with E-state index in [4.69, 9.17) is 16.3 Å². The molecule has 2 rings (SSSR count). The van der Waals surface area contributed by atoms with Gasteiger partial charge in [-0.1, -0.05) is 24.4 Å². The molecule has 0 aromatic carbocycles. The van der Waals surface area contributed by atoms with Gasteiger partial charge in [0.25, 0.3) is 0 Å². The van der Waals surface area contributed by atoms with Crippen molar-refractivity contribution in [2.45, 2.75) is 25.7 Å². The van der Waals surface area contributed by atoms with Crippen LogP contribution in [0.1, 0.15) is 25.7 Å².